The first-order valence-corrected chi connectivity index (χ1v) is 13.9. The molecule has 14 heteroatoms. The van der Waals surface area contributed by atoms with Gasteiger partial charge in [-0.3, -0.25) is 14.7 Å². The van der Waals surface area contributed by atoms with Crippen LogP contribution in [-0.4, -0.2) is 53.8 Å². The summed E-state index contributed by atoms with van der Waals surface area (Å²) in [5.74, 6) is -3.00. The van der Waals surface area contributed by atoms with E-state index in [2.05, 4.69) is 25.8 Å². The first-order valence-electron chi connectivity index (χ1n) is 12.4. The zero-order chi connectivity index (χ0) is 29.7. The molecular formula is C27H27F2N7O4S. The molecule has 0 saturated heterocycles. The molecule has 214 valence electrons. The number of halogens is 2. The Bertz CT molecular complexity index is 1750. The number of nitrogens with one attached hydrogen (secondary N) is 4. The van der Waals surface area contributed by atoms with Gasteiger partial charge in [-0.15, -0.1) is 0 Å². The number of hydrogen-bond donors (Lipinski definition) is 4. The minimum Gasteiger partial charge on any atom is -0.378 e. The molecule has 1 aliphatic rings. The highest BCUT2D eigenvalue weighted by atomic mass is 32.2. The van der Waals surface area contributed by atoms with Crippen LogP contribution in [0, 0.1) is 11.6 Å². The van der Waals surface area contributed by atoms with Gasteiger partial charge in [0.1, 0.15) is 17.3 Å². The van der Waals surface area contributed by atoms with Crippen molar-refractivity contribution >= 4 is 39.0 Å². The summed E-state index contributed by atoms with van der Waals surface area (Å²) < 4.78 is 55.7. The molecule has 0 atom stereocenters. The number of carbonyl (C=O) groups excluding carboxylic acids is 2. The normalized spacial score (nSPS) is 14.5. The van der Waals surface area contributed by atoms with Crippen LogP contribution in [0.1, 0.15) is 46.0 Å². The first-order chi connectivity index (χ1) is 19.3. The lowest BCUT2D eigenvalue weighted by Gasteiger charge is -2.30. The summed E-state index contributed by atoms with van der Waals surface area (Å²) in [6.07, 6.45) is 1.60. The maximum atomic E-state index is 13.9. The van der Waals surface area contributed by atoms with Gasteiger partial charge in [0.05, 0.1) is 27.4 Å². The highest BCUT2D eigenvalue weighted by Crippen LogP contribution is 2.44. The van der Waals surface area contributed by atoms with Crippen LogP contribution in [0.2, 0.25) is 0 Å². The van der Waals surface area contributed by atoms with Crippen LogP contribution in [-0.2, 0) is 22.1 Å². The monoisotopic (exact) mass is 583 g/mol. The number of amides is 2. The summed E-state index contributed by atoms with van der Waals surface area (Å²) in [7, 11) is -0.707. The number of sulfonamides is 1. The maximum absolute atomic E-state index is 13.9. The molecule has 3 heterocycles. The van der Waals surface area contributed by atoms with E-state index in [9.17, 15) is 26.8 Å². The molecule has 0 saturated carbocycles. The van der Waals surface area contributed by atoms with Gasteiger partial charge in [-0.25, -0.2) is 17.2 Å². The molecule has 2 amide bonds. The summed E-state index contributed by atoms with van der Waals surface area (Å²) >= 11 is 0. The molecule has 0 aliphatic carbocycles. The second-order valence-corrected chi connectivity index (χ2v) is 12.1. The number of nitrogens with zero attached hydrogens (tertiary/aromatic N) is 3. The van der Waals surface area contributed by atoms with Crippen LogP contribution in [0.3, 0.4) is 0 Å². The van der Waals surface area contributed by atoms with Crippen molar-refractivity contribution in [3.63, 3.8) is 0 Å². The number of fused-ring (bicyclic) bond motifs is 1. The zero-order valence-corrected chi connectivity index (χ0v) is 23.4. The zero-order valence-electron chi connectivity index (χ0n) is 22.5. The number of rotatable bonds is 7. The Kier molecular flexibility index (Phi) is 6.91. The molecule has 0 unspecified atom stereocenters. The molecule has 11 nitrogen and oxygen atoms in total. The van der Waals surface area contributed by atoms with Gasteiger partial charge in [-0.2, -0.15) is 9.40 Å². The Hall–Kier alpha value is -4.56. The molecule has 1 aliphatic heterocycles. The molecular weight excluding hydrogens is 556 g/mol. The Morgan fingerprint density at radius 3 is 2.37 bits per heavy atom. The summed E-state index contributed by atoms with van der Waals surface area (Å²) in [5, 5.41) is 12.5. The lowest BCUT2D eigenvalue weighted by atomic mass is 10.0. The molecule has 4 aromatic rings. The van der Waals surface area contributed by atoms with Gasteiger partial charge in [-0.05, 0) is 56.3 Å². The van der Waals surface area contributed by atoms with Crippen LogP contribution in [0.25, 0.3) is 0 Å². The van der Waals surface area contributed by atoms with E-state index >= 15 is 0 Å². The predicted molar refractivity (Wildman–Crippen MR) is 148 cm³/mol. The average Bonchev–Trinajstić information content (AvgIpc) is 3.62. The van der Waals surface area contributed by atoms with Crippen molar-refractivity contribution in [3.05, 3.63) is 88.9 Å². The smallest absolute Gasteiger partial charge is 0.272 e. The third kappa shape index (κ3) is 5.07. The fourth-order valence-corrected chi connectivity index (χ4v) is 6.50. The average molecular weight is 584 g/mol. The number of aromatic nitrogens is 3. The van der Waals surface area contributed by atoms with Crippen molar-refractivity contribution in [1.82, 2.24) is 19.5 Å². The van der Waals surface area contributed by atoms with E-state index in [4.69, 9.17) is 0 Å². The molecule has 2 aromatic heterocycles. The lowest BCUT2D eigenvalue weighted by Crippen LogP contribution is -2.40. The third-order valence-electron chi connectivity index (χ3n) is 6.92. The summed E-state index contributed by atoms with van der Waals surface area (Å²) in [6, 6.07) is 10.3. The lowest BCUT2D eigenvalue weighted by molar-refractivity contribution is 0.102. The van der Waals surface area contributed by atoms with Gasteiger partial charge >= 0.3 is 0 Å². The Labute approximate surface area is 234 Å². The topological polar surface area (TPSA) is 143 Å². The fraction of sp³-hybridized carbons (Fsp3) is 0.222. The van der Waals surface area contributed by atoms with E-state index in [-0.39, 0.29) is 23.6 Å². The molecule has 5 rings (SSSR count). The molecule has 0 bridgehead atoms. The van der Waals surface area contributed by atoms with Crippen LogP contribution in [0.4, 0.5) is 26.0 Å². The molecule has 0 fully saturated rings. The number of H-pyrrole nitrogens is 2. The van der Waals surface area contributed by atoms with Crippen LogP contribution in [0.5, 0.6) is 0 Å². The second kappa shape index (κ2) is 10.1. The van der Waals surface area contributed by atoms with E-state index in [1.54, 1.807) is 50.4 Å². The van der Waals surface area contributed by atoms with Gasteiger partial charge in [0, 0.05) is 44.2 Å². The van der Waals surface area contributed by atoms with Crippen molar-refractivity contribution < 1.29 is 26.8 Å². The Morgan fingerprint density at radius 1 is 1.02 bits per heavy atom. The van der Waals surface area contributed by atoms with Gasteiger partial charge in [0.15, 0.2) is 5.82 Å². The molecule has 0 spiro atoms. The largest absolute Gasteiger partial charge is 0.378 e. The van der Waals surface area contributed by atoms with Gasteiger partial charge in [0.2, 0.25) is 10.0 Å². The number of hydrogen-bond acceptors (Lipinski definition) is 6. The molecule has 4 N–H and O–H groups in total. The van der Waals surface area contributed by atoms with E-state index in [0.29, 0.717) is 23.0 Å². The summed E-state index contributed by atoms with van der Waals surface area (Å²) in [4.78, 5) is 30.3. The number of anilines is 3. The van der Waals surface area contributed by atoms with E-state index in [0.717, 1.165) is 22.1 Å². The Balaban J connectivity index is 1.45. The first kappa shape index (κ1) is 28.0. The predicted octanol–water partition coefficient (Wildman–Crippen LogP) is 4.03. The van der Waals surface area contributed by atoms with Crippen LogP contribution >= 0.6 is 0 Å². The number of aromatic amines is 2. The molecule has 41 heavy (non-hydrogen) atoms. The van der Waals surface area contributed by atoms with Gasteiger partial charge in [-0.1, -0.05) is 0 Å². The quantitative estimate of drug-likeness (QED) is 0.259. The highest BCUT2D eigenvalue weighted by Gasteiger charge is 2.48. The minimum absolute atomic E-state index is 0.0829. The maximum Gasteiger partial charge on any atom is 0.272 e. The van der Waals surface area contributed by atoms with Crippen molar-refractivity contribution in [2.75, 3.05) is 29.6 Å². The van der Waals surface area contributed by atoms with Crippen LogP contribution < -0.4 is 15.5 Å². The summed E-state index contributed by atoms with van der Waals surface area (Å²) in [5.41, 5.74) is 1.05. The van der Waals surface area contributed by atoms with Crippen molar-refractivity contribution in [2.24, 2.45) is 0 Å². The van der Waals surface area contributed by atoms with E-state index < -0.39 is 43.9 Å². The van der Waals surface area contributed by atoms with Gasteiger partial charge < -0.3 is 20.5 Å². The van der Waals surface area contributed by atoms with Crippen molar-refractivity contribution in [1.29, 1.82) is 0 Å². The van der Waals surface area contributed by atoms with E-state index in [1.165, 1.54) is 0 Å². The number of benzene rings is 2. The number of carbonyl (C=O) groups is 2. The van der Waals surface area contributed by atoms with Gasteiger partial charge in [0.25, 0.3) is 11.8 Å². The van der Waals surface area contributed by atoms with Crippen LogP contribution in [0.15, 0.2) is 59.6 Å². The minimum atomic E-state index is -4.34. The molecule has 0 radical (unpaired) electrons. The Morgan fingerprint density at radius 2 is 1.73 bits per heavy atom. The third-order valence-corrected chi connectivity index (χ3v) is 8.91. The second-order valence-electron chi connectivity index (χ2n) is 10.2. The van der Waals surface area contributed by atoms with Crippen molar-refractivity contribution in [2.45, 2.75) is 30.8 Å². The standard InChI is InChI=1S/C27H27F2N7O4S/c1-27(2)23-20(14-36(27)41(39,40)18-11-15(28)10-16(29)12-18)24(34-33-23)32-25(37)19-8-7-17(35(3)4)13-22(19)31-26(38)21-6-5-9-30-21/h5-13,30H,14H2,1-4H3,(H,31,38)(H2,32,33,34,37). The summed E-state index contributed by atoms with van der Waals surface area (Å²) in [6.45, 7) is 3.01. The fourth-order valence-electron chi connectivity index (χ4n) is 4.73. The van der Waals surface area contributed by atoms with Crippen molar-refractivity contribution in [3.8, 4) is 0 Å². The SMILES string of the molecule is CN(C)c1ccc(C(=O)Nc2n[nH]c3c2CN(S(=O)(=O)c2cc(F)cc(F)c2)C3(C)C)c(NC(=O)c2ccc[nH]2)c1. The molecule has 2 aromatic carbocycles. The highest BCUT2D eigenvalue weighted by molar-refractivity contribution is 7.89. The van der Waals surface area contributed by atoms with E-state index in [1.807, 2.05) is 19.0 Å².